The van der Waals surface area contributed by atoms with E-state index in [0.29, 0.717) is 23.9 Å². The molecule has 0 aliphatic rings. The standard InChI is InChI=1S/C69H119N2O7P/c1-7-10-13-16-19-22-25-28-30-32-33-34-35-36-37-39-40-43-46-49-52-55-58-61-68(72)70-66(65-77-79(74,75)76-64-63-71(4,5)6)67(60-57-54-51-48-45-42-27-24-21-18-15-12-9-3)78-69(73)62-59-56-53-50-47-44-41-38-31-29-26-23-20-17-14-11-8-2/h11,14,19-20,22-23,28-31,33-34,36-37,41,44,50,53,57,60,66-67H,7-10,12-13,15-18,21,24-27,32,35,38-40,42-43,45-49,51-52,54-56,58-59,61-65H2,1-6H3,(H-,70,72,74,75)/b14-11-,22-19-,23-20-,30-28-,31-29-,34-33-,37-36-,44-41-,53-50-,60-57-. The Kier molecular flexibility index (Phi) is 55.0. The lowest BCUT2D eigenvalue weighted by molar-refractivity contribution is -0.870. The third-order valence-electron chi connectivity index (χ3n) is 13.4. The first-order valence-corrected chi connectivity index (χ1v) is 33.3. The molecular formula is C69H119N2O7P. The molecule has 1 N–H and O–H groups in total. The summed E-state index contributed by atoms with van der Waals surface area (Å²) in [5, 5.41) is 3.01. The van der Waals surface area contributed by atoms with E-state index in [1.165, 1.54) is 103 Å². The Labute approximate surface area is 486 Å². The highest BCUT2D eigenvalue weighted by Gasteiger charge is 2.27. The van der Waals surface area contributed by atoms with Gasteiger partial charge < -0.3 is 28.5 Å². The van der Waals surface area contributed by atoms with Crippen LogP contribution in [0.15, 0.2) is 122 Å². The largest absolute Gasteiger partial charge is 0.756 e. The van der Waals surface area contributed by atoms with Gasteiger partial charge in [-0.25, -0.2) is 0 Å². The Hall–Kier alpha value is -3.59. The molecule has 0 aliphatic heterocycles. The molecule has 0 rings (SSSR count). The summed E-state index contributed by atoms with van der Waals surface area (Å²) >= 11 is 0. The zero-order chi connectivity index (χ0) is 57.9. The summed E-state index contributed by atoms with van der Waals surface area (Å²) in [6.07, 6.45) is 80.3. The van der Waals surface area contributed by atoms with Crippen LogP contribution in [0.25, 0.3) is 0 Å². The molecule has 0 heterocycles. The van der Waals surface area contributed by atoms with E-state index in [0.717, 1.165) is 103 Å². The molecule has 3 atom stereocenters. The van der Waals surface area contributed by atoms with Crippen LogP contribution in [0.3, 0.4) is 0 Å². The van der Waals surface area contributed by atoms with Crippen molar-refractivity contribution in [2.75, 3.05) is 40.9 Å². The zero-order valence-electron chi connectivity index (χ0n) is 51.5. The first-order valence-electron chi connectivity index (χ1n) is 31.8. The van der Waals surface area contributed by atoms with E-state index in [9.17, 15) is 19.0 Å². The number of quaternary nitrogens is 1. The highest BCUT2D eigenvalue weighted by Crippen LogP contribution is 2.38. The fraction of sp³-hybridized carbons (Fsp3) is 0.681. The van der Waals surface area contributed by atoms with Gasteiger partial charge in [0, 0.05) is 12.8 Å². The fourth-order valence-corrected chi connectivity index (χ4v) is 9.20. The van der Waals surface area contributed by atoms with Gasteiger partial charge in [-0.2, -0.15) is 0 Å². The van der Waals surface area contributed by atoms with Crippen LogP contribution in [0.5, 0.6) is 0 Å². The maximum Gasteiger partial charge on any atom is 0.306 e. The lowest BCUT2D eigenvalue weighted by atomic mass is 10.0. The number of hydrogen-bond acceptors (Lipinski definition) is 7. The Morgan fingerprint density at radius 1 is 0.456 bits per heavy atom. The van der Waals surface area contributed by atoms with Crippen LogP contribution in [-0.2, 0) is 27.9 Å². The normalized spacial score (nSPS) is 14.5. The highest BCUT2D eigenvalue weighted by atomic mass is 31.2. The van der Waals surface area contributed by atoms with Crippen molar-refractivity contribution in [1.29, 1.82) is 0 Å². The number of hydrogen-bond donors (Lipinski definition) is 1. The van der Waals surface area contributed by atoms with Gasteiger partial charge in [-0.15, -0.1) is 0 Å². The fourth-order valence-electron chi connectivity index (χ4n) is 8.48. The molecule has 0 aliphatic carbocycles. The maximum atomic E-state index is 13.6. The zero-order valence-corrected chi connectivity index (χ0v) is 52.4. The summed E-state index contributed by atoms with van der Waals surface area (Å²) in [4.78, 5) is 40.0. The van der Waals surface area contributed by atoms with Gasteiger partial charge in [0.15, 0.2) is 0 Å². The van der Waals surface area contributed by atoms with Crippen LogP contribution in [0.2, 0.25) is 0 Å². The van der Waals surface area contributed by atoms with Gasteiger partial charge in [-0.1, -0.05) is 245 Å². The molecule has 0 spiro atoms. The second-order valence-electron chi connectivity index (χ2n) is 22.2. The average molecular weight is 1120 g/mol. The van der Waals surface area contributed by atoms with Crippen LogP contribution in [0.4, 0.5) is 0 Å². The van der Waals surface area contributed by atoms with Crippen LogP contribution >= 0.6 is 7.82 Å². The molecule has 0 aromatic rings. The number of likely N-dealkylation sites (N-methyl/N-ethyl adjacent to an activating group) is 1. The van der Waals surface area contributed by atoms with E-state index in [-0.39, 0.29) is 25.4 Å². The number of nitrogens with one attached hydrogen (secondary N) is 1. The van der Waals surface area contributed by atoms with Gasteiger partial charge in [-0.3, -0.25) is 14.2 Å². The lowest BCUT2D eigenvalue weighted by Crippen LogP contribution is -2.47. The van der Waals surface area contributed by atoms with Crippen LogP contribution < -0.4 is 10.2 Å². The number of carbonyl (C=O) groups is 2. The summed E-state index contributed by atoms with van der Waals surface area (Å²) in [6, 6.07) is -0.926. The molecule has 0 bridgehead atoms. The summed E-state index contributed by atoms with van der Waals surface area (Å²) < 4.78 is 30.3. The van der Waals surface area contributed by atoms with Crippen molar-refractivity contribution >= 4 is 19.7 Å². The van der Waals surface area contributed by atoms with Crippen molar-refractivity contribution < 1.29 is 37.3 Å². The summed E-state index contributed by atoms with van der Waals surface area (Å²) in [5.41, 5.74) is 0. The second-order valence-corrected chi connectivity index (χ2v) is 23.6. The molecule has 452 valence electrons. The van der Waals surface area contributed by atoms with E-state index in [4.69, 9.17) is 13.8 Å². The molecule has 79 heavy (non-hydrogen) atoms. The first kappa shape index (κ1) is 75.4. The quantitative estimate of drug-likeness (QED) is 0.0212. The van der Waals surface area contributed by atoms with Crippen molar-refractivity contribution in [3.05, 3.63) is 122 Å². The molecule has 10 heteroatoms. The molecule has 0 fully saturated rings. The van der Waals surface area contributed by atoms with Crippen LogP contribution in [-0.4, -0.2) is 69.4 Å². The van der Waals surface area contributed by atoms with Gasteiger partial charge in [0.05, 0.1) is 33.8 Å². The topological polar surface area (TPSA) is 114 Å². The Balaban J connectivity index is 5.35. The van der Waals surface area contributed by atoms with Crippen molar-refractivity contribution in [3.8, 4) is 0 Å². The molecule has 9 nitrogen and oxygen atoms in total. The monoisotopic (exact) mass is 1120 g/mol. The van der Waals surface area contributed by atoms with E-state index in [2.05, 4.69) is 135 Å². The minimum atomic E-state index is -4.72. The number of rotatable bonds is 56. The molecule has 0 saturated carbocycles. The number of unbranched alkanes of at least 4 members (excludes halogenated alkanes) is 22. The van der Waals surface area contributed by atoms with Crippen molar-refractivity contribution in [3.63, 3.8) is 0 Å². The Bertz CT molecular complexity index is 1770. The minimum Gasteiger partial charge on any atom is -0.756 e. The number of nitrogens with zero attached hydrogens (tertiary/aromatic N) is 1. The highest BCUT2D eigenvalue weighted by molar-refractivity contribution is 7.45. The van der Waals surface area contributed by atoms with Gasteiger partial charge >= 0.3 is 5.97 Å². The van der Waals surface area contributed by atoms with Gasteiger partial charge in [0.25, 0.3) is 7.82 Å². The first-order chi connectivity index (χ1) is 38.4. The van der Waals surface area contributed by atoms with Crippen LogP contribution in [0.1, 0.15) is 252 Å². The second kappa shape index (κ2) is 57.6. The predicted octanol–water partition coefficient (Wildman–Crippen LogP) is 19.3. The Morgan fingerprint density at radius 2 is 0.823 bits per heavy atom. The molecule has 0 aromatic carbocycles. The third kappa shape index (κ3) is 58.9. The van der Waals surface area contributed by atoms with Crippen molar-refractivity contribution in [1.82, 2.24) is 5.32 Å². The van der Waals surface area contributed by atoms with Gasteiger partial charge in [0.2, 0.25) is 5.91 Å². The van der Waals surface area contributed by atoms with Crippen LogP contribution in [0, 0.1) is 0 Å². The third-order valence-corrected chi connectivity index (χ3v) is 14.3. The minimum absolute atomic E-state index is 0.0398. The number of carbonyl (C=O) groups excluding carboxylic acids is 2. The summed E-state index contributed by atoms with van der Waals surface area (Å²) in [7, 11) is 1.13. The maximum absolute atomic E-state index is 13.6. The van der Waals surface area contributed by atoms with E-state index in [1.807, 2.05) is 33.3 Å². The van der Waals surface area contributed by atoms with E-state index >= 15 is 0 Å². The number of esters is 1. The molecular weight excluding hydrogens is 1000 g/mol. The number of amides is 1. The number of phosphoric acid groups is 1. The number of phosphoric ester groups is 1. The SMILES string of the molecule is CC/C=C\C/C=C\C/C=C\C/C=C\C/C=C\CCCC(=O)OC(/C=C\CCCCCCCCCCCCC)C(COP(=O)([O-])OCC[N+](C)(C)C)NC(=O)CCCCCCCCC/C=C\C/C=C\C/C=C\C/C=C\CCCCC. The Morgan fingerprint density at radius 3 is 1.27 bits per heavy atom. The average Bonchev–Trinajstić information content (AvgIpc) is 3.41. The molecule has 0 radical (unpaired) electrons. The summed E-state index contributed by atoms with van der Waals surface area (Å²) in [6.45, 7) is 6.65. The number of allylic oxidation sites excluding steroid dienone is 19. The van der Waals surface area contributed by atoms with Crippen molar-refractivity contribution in [2.24, 2.45) is 0 Å². The van der Waals surface area contributed by atoms with E-state index < -0.39 is 32.5 Å². The molecule has 3 unspecified atom stereocenters. The summed E-state index contributed by atoms with van der Waals surface area (Å²) in [5.74, 6) is -0.628. The molecule has 1 amide bonds. The van der Waals surface area contributed by atoms with Crippen molar-refractivity contribution in [2.45, 2.75) is 264 Å². The predicted molar refractivity (Wildman–Crippen MR) is 339 cm³/mol. The number of ether oxygens (including phenoxy) is 1. The smallest absolute Gasteiger partial charge is 0.306 e. The van der Waals surface area contributed by atoms with Gasteiger partial charge in [0.1, 0.15) is 19.3 Å². The van der Waals surface area contributed by atoms with Gasteiger partial charge in [-0.05, 0) is 115 Å². The molecule has 0 saturated heterocycles. The molecule has 0 aromatic heterocycles. The lowest BCUT2D eigenvalue weighted by Gasteiger charge is -2.30. The van der Waals surface area contributed by atoms with E-state index in [1.54, 1.807) is 0 Å².